The minimum atomic E-state index is 0.0895. The van der Waals surface area contributed by atoms with E-state index in [1.54, 1.807) is 0 Å². The molecule has 0 spiro atoms. The fourth-order valence-electron chi connectivity index (χ4n) is 1.85. The van der Waals surface area contributed by atoms with Crippen LogP contribution in [-0.2, 0) is 0 Å². The van der Waals surface area contributed by atoms with Crippen LogP contribution in [0.25, 0.3) is 0 Å². The fourth-order valence-corrected chi connectivity index (χ4v) is 1.85. The van der Waals surface area contributed by atoms with Crippen molar-refractivity contribution in [3.8, 4) is 0 Å². The number of nitrogen functional groups attached to an aromatic ring is 1. The summed E-state index contributed by atoms with van der Waals surface area (Å²) in [6.07, 6.45) is 2.41. The molecule has 86 valence electrons. The summed E-state index contributed by atoms with van der Waals surface area (Å²) < 4.78 is 0. The van der Waals surface area contributed by atoms with Gasteiger partial charge in [-0.25, -0.2) is 0 Å². The zero-order valence-electron chi connectivity index (χ0n) is 9.19. The highest BCUT2D eigenvalue weighted by molar-refractivity contribution is 5.95. The molecule has 0 aromatic heterocycles. The number of amidine groups is 1. The van der Waals surface area contributed by atoms with Crippen LogP contribution in [0.5, 0.6) is 0 Å². The normalized spacial score (nSPS) is 14.8. The number of hydrogen-bond donors (Lipinski definition) is 3. The van der Waals surface area contributed by atoms with E-state index in [4.69, 9.17) is 16.2 Å². The van der Waals surface area contributed by atoms with Crippen molar-refractivity contribution in [1.82, 2.24) is 0 Å². The molecule has 0 bridgehead atoms. The van der Waals surface area contributed by atoms with E-state index in [9.17, 15) is 0 Å². The summed E-state index contributed by atoms with van der Waals surface area (Å²) in [5.74, 6) is 0.0895. The quantitative estimate of drug-likeness (QED) is 0.509. The lowest BCUT2D eigenvalue weighted by Gasteiger charge is -2.23. The molecule has 0 radical (unpaired) electrons. The second-order valence-electron chi connectivity index (χ2n) is 4.11. The predicted octanol–water partition coefficient (Wildman–Crippen LogP) is 0.932. The molecule has 0 atom stereocenters. The lowest BCUT2D eigenvalue weighted by Crippen LogP contribution is -2.28. The number of nitrogens with one attached hydrogen (secondary N) is 1. The second-order valence-corrected chi connectivity index (χ2v) is 4.11. The summed E-state index contributed by atoms with van der Waals surface area (Å²) in [6, 6.07) is 8.21. The lowest BCUT2D eigenvalue weighted by atomic mass is 10.2. The van der Waals surface area contributed by atoms with E-state index in [0.29, 0.717) is 12.6 Å². The van der Waals surface area contributed by atoms with Crippen LogP contribution in [0, 0.1) is 5.41 Å². The molecule has 16 heavy (non-hydrogen) atoms. The molecule has 2 rings (SSSR count). The molecule has 1 aliphatic rings. The highest BCUT2D eigenvalue weighted by atomic mass is 16.3. The van der Waals surface area contributed by atoms with Gasteiger partial charge in [-0.1, -0.05) is 0 Å². The van der Waals surface area contributed by atoms with E-state index in [0.717, 1.165) is 11.3 Å². The Balaban J connectivity index is 2.14. The molecular weight excluding hydrogens is 202 g/mol. The van der Waals surface area contributed by atoms with Crippen molar-refractivity contribution in [3.63, 3.8) is 0 Å². The standard InChI is InChI=1S/C12H17N3O/c13-12(14)9-1-3-10(4-2-9)15(7-8-16)11-5-6-11/h1-4,11,16H,5-8H2,(H3,13,14). The summed E-state index contributed by atoms with van der Waals surface area (Å²) in [5.41, 5.74) is 7.24. The van der Waals surface area contributed by atoms with Crippen LogP contribution in [-0.4, -0.2) is 30.1 Å². The minimum absolute atomic E-state index is 0.0895. The molecule has 1 aromatic carbocycles. The highest BCUT2D eigenvalue weighted by Crippen LogP contribution is 2.31. The van der Waals surface area contributed by atoms with Crippen LogP contribution in [0.2, 0.25) is 0 Å². The van der Waals surface area contributed by atoms with E-state index in [1.807, 2.05) is 24.3 Å². The van der Waals surface area contributed by atoms with Crippen molar-refractivity contribution in [1.29, 1.82) is 5.41 Å². The highest BCUT2D eigenvalue weighted by Gasteiger charge is 2.28. The van der Waals surface area contributed by atoms with Crippen molar-refractivity contribution in [2.24, 2.45) is 5.73 Å². The van der Waals surface area contributed by atoms with E-state index in [1.165, 1.54) is 12.8 Å². The Morgan fingerprint density at radius 3 is 2.44 bits per heavy atom. The number of benzene rings is 1. The van der Waals surface area contributed by atoms with Crippen molar-refractivity contribution in [3.05, 3.63) is 29.8 Å². The number of rotatable bonds is 5. The van der Waals surface area contributed by atoms with Gasteiger partial charge < -0.3 is 15.7 Å². The number of hydrogen-bond acceptors (Lipinski definition) is 3. The van der Waals surface area contributed by atoms with Gasteiger partial charge in [0.15, 0.2) is 0 Å². The molecule has 0 saturated heterocycles. The maximum atomic E-state index is 9.02. The zero-order chi connectivity index (χ0) is 11.5. The van der Waals surface area contributed by atoms with Gasteiger partial charge in [0.2, 0.25) is 0 Å². The Bertz CT molecular complexity index is 370. The van der Waals surface area contributed by atoms with Crippen LogP contribution >= 0.6 is 0 Å². The Hall–Kier alpha value is -1.55. The van der Waals surface area contributed by atoms with Crippen molar-refractivity contribution in [2.75, 3.05) is 18.1 Å². The molecule has 4 N–H and O–H groups in total. The first-order valence-corrected chi connectivity index (χ1v) is 5.54. The van der Waals surface area contributed by atoms with Crippen LogP contribution in [0.3, 0.4) is 0 Å². The fraction of sp³-hybridized carbons (Fsp3) is 0.417. The van der Waals surface area contributed by atoms with Gasteiger partial charge in [0.1, 0.15) is 5.84 Å². The summed E-state index contributed by atoms with van der Waals surface area (Å²) in [4.78, 5) is 2.21. The van der Waals surface area contributed by atoms with Gasteiger partial charge in [-0.05, 0) is 37.1 Å². The predicted molar refractivity (Wildman–Crippen MR) is 64.9 cm³/mol. The molecule has 1 aliphatic carbocycles. The van der Waals surface area contributed by atoms with Gasteiger partial charge in [-0.3, -0.25) is 5.41 Å². The van der Waals surface area contributed by atoms with Gasteiger partial charge in [-0.15, -0.1) is 0 Å². The maximum absolute atomic E-state index is 9.02. The van der Waals surface area contributed by atoms with Gasteiger partial charge in [0.05, 0.1) is 6.61 Å². The SMILES string of the molecule is N=C(N)c1ccc(N(CCO)C2CC2)cc1. The molecule has 1 fully saturated rings. The Kier molecular flexibility index (Phi) is 3.10. The number of nitrogens with zero attached hydrogens (tertiary/aromatic N) is 1. The first-order chi connectivity index (χ1) is 7.72. The number of aliphatic hydroxyl groups is 1. The third kappa shape index (κ3) is 2.33. The molecule has 0 amide bonds. The topological polar surface area (TPSA) is 73.3 Å². The van der Waals surface area contributed by atoms with Crippen LogP contribution in [0.4, 0.5) is 5.69 Å². The Morgan fingerprint density at radius 1 is 1.38 bits per heavy atom. The average molecular weight is 219 g/mol. The second kappa shape index (κ2) is 4.53. The largest absolute Gasteiger partial charge is 0.395 e. The third-order valence-corrected chi connectivity index (χ3v) is 2.84. The summed E-state index contributed by atoms with van der Waals surface area (Å²) in [7, 11) is 0. The zero-order valence-corrected chi connectivity index (χ0v) is 9.19. The van der Waals surface area contributed by atoms with E-state index in [2.05, 4.69) is 4.90 Å². The Labute approximate surface area is 95.2 Å². The van der Waals surface area contributed by atoms with Crippen LogP contribution < -0.4 is 10.6 Å². The summed E-state index contributed by atoms with van der Waals surface area (Å²) in [6.45, 7) is 0.842. The molecule has 1 aromatic rings. The van der Waals surface area contributed by atoms with Gasteiger partial charge in [-0.2, -0.15) is 0 Å². The number of aliphatic hydroxyl groups excluding tert-OH is 1. The number of nitrogens with two attached hydrogens (primary N) is 1. The molecule has 0 unspecified atom stereocenters. The van der Waals surface area contributed by atoms with Crippen LogP contribution in [0.1, 0.15) is 18.4 Å². The molecule has 4 nitrogen and oxygen atoms in total. The minimum Gasteiger partial charge on any atom is -0.395 e. The van der Waals surface area contributed by atoms with Crippen molar-refractivity contribution in [2.45, 2.75) is 18.9 Å². The lowest BCUT2D eigenvalue weighted by molar-refractivity contribution is 0.301. The molecule has 1 saturated carbocycles. The van der Waals surface area contributed by atoms with Gasteiger partial charge in [0.25, 0.3) is 0 Å². The van der Waals surface area contributed by atoms with Gasteiger partial charge in [0, 0.05) is 23.8 Å². The average Bonchev–Trinajstić information content (AvgIpc) is 3.10. The molecule has 0 aliphatic heterocycles. The van der Waals surface area contributed by atoms with E-state index >= 15 is 0 Å². The van der Waals surface area contributed by atoms with Crippen molar-refractivity contribution >= 4 is 11.5 Å². The smallest absolute Gasteiger partial charge is 0.122 e. The summed E-state index contributed by atoms with van der Waals surface area (Å²) in [5, 5.41) is 16.3. The Morgan fingerprint density at radius 2 is 2.00 bits per heavy atom. The molecule has 4 heteroatoms. The molecular formula is C12H17N3O. The third-order valence-electron chi connectivity index (χ3n) is 2.84. The molecule has 0 heterocycles. The van der Waals surface area contributed by atoms with Crippen LogP contribution in [0.15, 0.2) is 24.3 Å². The van der Waals surface area contributed by atoms with Crippen molar-refractivity contribution < 1.29 is 5.11 Å². The monoisotopic (exact) mass is 219 g/mol. The summed E-state index contributed by atoms with van der Waals surface area (Å²) >= 11 is 0. The maximum Gasteiger partial charge on any atom is 0.122 e. The van der Waals surface area contributed by atoms with Gasteiger partial charge >= 0.3 is 0 Å². The first-order valence-electron chi connectivity index (χ1n) is 5.54. The van der Waals surface area contributed by atoms with E-state index < -0.39 is 0 Å². The van der Waals surface area contributed by atoms with E-state index in [-0.39, 0.29) is 12.4 Å². The number of anilines is 1. The first kappa shape index (κ1) is 11.0.